The molecule has 0 unspecified atom stereocenters. The van der Waals surface area contributed by atoms with Crippen molar-refractivity contribution in [3.8, 4) is 0 Å². The Kier molecular flexibility index (Phi) is 4.64. The van der Waals surface area contributed by atoms with Gasteiger partial charge in [-0.3, -0.25) is 0 Å². The van der Waals surface area contributed by atoms with Gasteiger partial charge in [0.1, 0.15) is 0 Å². The zero-order chi connectivity index (χ0) is 15.2. The smallest absolute Gasteiger partial charge is 0.0498 e. The molecule has 0 atom stereocenters. The zero-order valence-electron chi connectivity index (χ0n) is 12.4. The summed E-state index contributed by atoms with van der Waals surface area (Å²) in [5.41, 5.74) is 2.27. The normalized spacial score (nSPS) is 11.5. The van der Waals surface area contributed by atoms with Crippen LogP contribution >= 0.6 is 0 Å². The quantitative estimate of drug-likeness (QED) is 0.685. The summed E-state index contributed by atoms with van der Waals surface area (Å²) in [6.07, 6.45) is 3.99. The maximum Gasteiger partial charge on any atom is 0.0498 e. The molecule has 22 heavy (non-hydrogen) atoms. The minimum absolute atomic E-state index is 0.498. The molecule has 2 nitrogen and oxygen atoms in total. The summed E-state index contributed by atoms with van der Waals surface area (Å²) in [4.78, 5) is 0. The zero-order valence-corrected chi connectivity index (χ0v) is 12.4. The predicted octanol–water partition coefficient (Wildman–Crippen LogP) is 4.74. The first-order valence-electron chi connectivity index (χ1n) is 7.45. The summed E-state index contributed by atoms with van der Waals surface area (Å²) in [5.74, 6) is 0. The van der Waals surface area contributed by atoms with Crippen molar-refractivity contribution in [2.75, 3.05) is 6.54 Å². The third kappa shape index (κ3) is 3.61. The van der Waals surface area contributed by atoms with Crippen LogP contribution in [0.4, 0.5) is 0 Å². The lowest BCUT2D eigenvalue weighted by Crippen LogP contribution is -2.18. The van der Waals surface area contributed by atoms with Crippen molar-refractivity contribution >= 4 is 16.8 Å². The minimum Gasteiger partial charge on any atom is -0.313 e. The van der Waals surface area contributed by atoms with Gasteiger partial charge in [0.05, 0.1) is 0 Å². The number of hydrogen-bond acceptors (Lipinski definition) is 2. The van der Waals surface area contributed by atoms with Gasteiger partial charge in [0.15, 0.2) is 0 Å². The highest BCUT2D eigenvalue weighted by molar-refractivity contribution is 5.85. The lowest BCUT2D eigenvalue weighted by Gasteiger charge is -2.14. The van der Waals surface area contributed by atoms with Gasteiger partial charge in [-0.1, -0.05) is 84.9 Å². The second-order valence-corrected chi connectivity index (χ2v) is 5.30. The Balaban J connectivity index is 1.66. The molecule has 0 aromatic heterocycles. The van der Waals surface area contributed by atoms with Crippen LogP contribution < -0.4 is 0 Å². The first kappa shape index (κ1) is 14.5. The SMILES string of the molecule is ON(C/C=C/c1ccccc1)Cc1cccc2ccccc12. The van der Waals surface area contributed by atoms with Crippen molar-refractivity contribution < 1.29 is 5.21 Å². The molecule has 2 heteroatoms. The van der Waals surface area contributed by atoms with E-state index in [1.807, 2.05) is 60.7 Å². The Hall–Kier alpha value is -2.42. The minimum atomic E-state index is 0.498. The fourth-order valence-corrected chi connectivity index (χ4v) is 2.57. The van der Waals surface area contributed by atoms with Crippen molar-refractivity contribution in [2.45, 2.75) is 6.54 Å². The van der Waals surface area contributed by atoms with Crippen molar-refractivity contribution in [1.82, 2.24) is 5.06 Å². The third-order valence-electron chi connectivity index (χ3n) is 3.66. The van der Waals surface area contributed by atoms with Crippen molar-refractivity contribution in [3.63, 3.8) is 0 Å². The van der Waals surface area contributed by atoms with E-state index in [0.717, 1.165) is 11.1 Å². The maximum atomic E-state index is 10.1. The number of fused-ring (bicyclic) bond motifs is 1. The van der Waals surface area contributed by atoms with E-state index in [0.29, 0.717) is 13.1 Å². The van der Waals surface area contributed by atoms with E-state index in [9.17, 15) is 5.21 Å². The van der Waals surface area contributed by atoms with E-state index in [4.69, 9.17) is 0 Å². The molecule has 0 bridgehead atoms. The highest BCUT2D eigenvalue weighted by Crippen LogP contribution is 2.19. The highest BCUT2D eigenvalue weighted by Gasteiger charge is 2.04. The summed E-state index contributed by atoms with van der Waals surface area (Å²) in [6, 6.07) is 24.5. The van der Waals surface area contributed by atoms with E-state index < -0.39 is 0 Å². The molecule has 0 spiro atoms. The Bertz CT molecular complexity index is 760. The van der Waals surface area contributed by atoms with Gasteiger partial charge < -0.3 is 5.21 Å². The van der Waals surface area contributed by atoms with Crippen molar-refractivity contribution in [1.29, 1.82) is 0 Å². The van der Waals surface area contributed by atoms with Crippen LogP contribution in [-0.4, -0.2) is 16.8 Å². The molecule has 3 aromatic carbocycles. The van der Waals surface area contributed by atoms with Gasteiger partial charge in [-0.05, 0) is 21.9 Å². The standard InChI is InChI=1S/C20H19NO/c22-21(15-7-10-17-8-2-1-3-9-17)16-19-13-6-12-18-11-4-5-14-20(18)19/h1-14,22H,15-16H2/b10-7+. The van der Waals surface area contributed by atoms with Crippen molar-refractivity contribution in [3.05, 3.63) is 90.0 Å². The van der Waals surface area contributed by atoms with Gasteiger partial charge in [-0.25, -0.2) is 0 Å². The molecule has 3 rings (SSSR count). The monoisotopic (exact) mass is 289 g/mol. The van der Waals surface area contributed by atoms with Gasteiger partial charge >= 0.3 is 0 Å². The lowest BCUT2D eigenvalue weighted by molar-refractivity contribution is -0.0882. The fourth-order valence-electron chi connectivity index (χ4n) is 2.57. The molecule has 0 aliphatic carbocycles. The lowest BCUT2D eigenvalue weighted by atomic mass is 10.0. The molecule has 0 fully saturated rings. The summed E-state index contributed by atoms with van der Waals surface area (Å²) in [6.45, 7) is 1.01. The number of hydrogen-bond donors (Lipinski definition) is 1. The van der Waals surface area contributed by atoms with E-state index in [-0.39, 0.29) is 0 Å². The predicted molar refractivity (Wildman–Crippen MR) is 91.6 cm³/mol. The Labute approximate surface area is 130 Å². The summed E-state index contributed by atoms with van der Waals surface area (Å²) in [7, 11) is 0. The molecule has 1 N–H and O–H groups in total. The molecule has 0 amide bonds. The molecule has 0 saturated heterocycles. The number of benzene rings is 3. The molecule has 110 valence electrons. The molecule has 0 aliphatic heterocycles. The van der Waals surface area contributed by atoms with E-state index in [2.05, 4.69) is 24.3 Å². The molecule has 0 aliphatic rings. The van der Waals surface area contributed by atoms with Gasteiger partial charge in [0, 0.05) is 13.1 Å². The van der Waals surface area contributed by atoms with Crippen LogP contribution in [0, 0.1) is 0 Å². The maximum absolute atomic E-state index is 10.1. The number of rotatable bonds is 5. The van der Waals surface area contributed by atoms with Crippen LogP contribution in [0.1, 0.15) is 11.1 Å². The first-order chi connectivity index (χ1) is 10.8. The van der Waals surface area contributed by atoms with Gasteiger partial charge in [0.25, 0.3) is 0 Å². The molecular formula is C20H19NO. The van der Waals surface area contributed by atoms with Crippen LogP contribution in [0.5, 0.6) is 0 Å². The fraction of sp³-hybridized carbons (Fsp3) is 0.100. The molecule has 0 saturated carbocycles. The summed E-state index contributed by atoms with van der Waals surface area (Å²) >= 11 is 0. The molecule has 0 radical (unpaired) electrons. The van der Waals surface area contributed by atoms with Crippen LogP contribution in [0.25, 0.3) is 16.8 Å². The van der Waals surface area contributed by atoms with Gasteiger partial charge in [0.2, 0.25) is 0 Å². The number of nitrogens with zero attached hydrogens (tertiary/aromatic N) is 1. The van der Waals surface area contributed by atoms with Crippen LogP contribution in [0.15, 0.2) is 78.9 Å². The Morgan fingerprint density at radius 2 is 1.55 bits per heavy atom. The summed E-state index contributed by atoms with van der Waals surface area (Å²) in [5, 5.41) is 13.8. The molecule has 0 heterocycles. The van der Waals surface area contributed by atoms with E-state index >= 15 is 0 Å². The average molecular weight is 289 g/mol. The Morgan fingerprint density at radius 1 is 0.818 bits per heavy atom. The second-order valence-electron chi connectivity index (χ2n) is 5.30. The van der Waals surface area contributed by atoms with Crippen LogP contribution in [0.2, 0.25) is 0 Å². The topological polar surface area (TPSA) is 23.5 Å². The van der Waals surface area contributed by atoms with Crippen LogP contribution in [0.3, 0.4) is 0 Å². The second kappa shape index (κ2) is 7.03. The largest absolute Gasteiger partial charge is 0.313 e. The van der Waals surface area contributed by atoms with Crippen LogP contribution in [-0.2, 0) is 6.54 Å². The first-order valence-corrected chi connectivity index (χ1v) is 7.45. The number of hydroxylamine groups is 2. The average Bonchev–Trinajstić information content (AvgIpc) is 2.56. The molecular weight excluding hydrogens is 270 g/mol. The van der Waals surface area contributed by atoms with Crippen molar-refractivity contribution in [2.24, 2.45) is 0 Å². The van der Waals surface area contributed by atoms with E-state index in [1.54, 1.807) is 0 Å². The Morgan fingerprint density at radius 3 is 2.41 bits per heavy atom. The summed E-state index contributed by atoms with van der Waals surface area (Å²) < 4.78 is 0. The third-order valence-corrected chi connectivity index (χ3v) is 3.66. The van der Waals surface area contributed by atoms with E-state index in [1.165, 1.54) is 15.8 Å². The highest BCUT2D eigenvalue weighted by atomic mass is 16.5. The van der Waals surface area contributed by atoms with Gasteiger partial charge in [-0.2, -0.15) is 5.06 Å². The van der Waals surface area contributed by atoms with Gasteiger partial charge in [-0.15, -0.1) is 0 Å². The molecule has 3 aromatic rings.